The van der Waals surface area contributed by atoms with E-state index in [-0.39, 0.29) is 0 Å². The number of ether oxygens (including phenoxy) is 2. The van der Waals surface area contributed by atoms with Crippen molar-refractivity contribution in [3.05, 3.63) is 90.6 Å². The van der Waals surface area contributed by atoms with Crippen LogP contribution in [0.25, 0.3) is 22.3 Å². The van der Waals surface area contributed by atoms with Gasteiger partial charge in [0.1, 0.15) is 17.7 Å². The molecule has 5 rings (SSSR count). The van der Waals surface area contributed by atoms with E-state index >= 15 is 0 Å². The highest BCUT2D eigenvalue weighted by molar-refractivity contribution is 5.90. The smallest absolute Gasteiger partial charge is 0.413 e. The van der Waals surface area contributed by atoms with Crippen LogP contribution in [-0.2, 0) is 16.6 Å². The molecule has 0 spiro atoms. The third-order valence-electron chi connectivity index (χ3n) is 6.50. The minimum Gasteiger partial charge on any atom is -0.478 e. The summed E-state index contributed by atoms with van der Waals surface area (Å²) in [7, 11) is 1.76. The lowest BCUT2D eigenvalue weighted by atomic mass is 10.0. The quantitative estimate of drug-likeness (QED) is 0.307. The van der Waals surface area contributed by atoms with E-state index in [0.717, 1.165) is 27.8 Å². The van der Waals surface area contributed by atoms with Crippen LogP contribution in [-0.4, -0.2) is 32.6 Å². The van der Waals surface area contributed by atoms with Gasteiger partial charge in [0.05, 0.1) is 6.20 Å². The Labute approximate surface area is 214 Å². The highest BCUT2D eigenvalue weighted by Gasteiger charge is 2.53. The molecule has 1 saturated carbocycles. The predicted molar refractivity (Wildman–Crippen MR) is 139 cm³/mol. The molecular weight excluding hydrogens is 470 g/mol. The maximum atomic E-state index is 12.6. The normalized spacial score (nSPS) is 14.4. The van der Waals surface area contributed by atoms with E-state index in [1.165, 1.54) is 0 Å². The van der Waals surface area contributed by atoms with Crippen molar-refractivity contribution in [1.29, 1.82) is 0 Å². The first kappa shape index (κ1) is 24.1. The van der Waals surface area contributed by atoms with E-state index < -0.39 is 23.8 Å². The van der Waals surface area contributed by atoms with Crippen LogP contribution in [0.5, 0.6) is 5.75 Å². The lowest BCUT2D eigenvalue weighted by Gasteiger charge is -2.15. The molecule has 1 aliphatic rings. The minimum atomic E-state index is -1.06. The number of aromatic nitrogens is 2. The Morgan fingerprint density at radius 3 is 2.14 bits per heavy atom. The number of rotatable bonds is 8. The Hall–Kier alpha value is -4.59. The van der Waals surface area contributed by atoms with Crippen molar-refractivity contribution in [2.75, 3.05) is 5.32 Å². The minimum absolute atomic E-state index is 0.395. The number of anilines is 1. The Morgan fingerprint density at radius 1 is 0.946 bits per heavy atom. The van der Waals surface area contributed by atoms with Gasteiger partial charge in [0.15, 0.2) is 0 Å². The van der Waals surface area contributed by atoms with Crippen LogP contribution in [0.15, 0.2) is 85.1 Å². The van der Waals surface area contributed by atoms with Gasteiger partial charge in [0.2, 0.25) is 5.60 Å². The van der Waals surface area contributed by atoms with Crippen LogP contribution in [0.1, 0.15) is 31.4 Å². The average molecular weight is 498 g/mol. The van der Waals surface area contributed by atoms with Crippen LogP contribution in [0, 0.1) is 0 Å². The van der Waals surface area contributed by atoms with Gasteiger partial charge in [-0.3, -0.25) is 10.00 Å². The molecule has 8 nitrogen and oxygen atoms in total. The molecule has 0 saturated heterocycles. The molecule has 0 radical (unpaired) electrons. The number of hydrogen-bond acceptors (Lipinski definition) is 5. The van der Waals surface area contributed by atoms with Crippen LogP contribution in [0.2, 0.25) is 0 Å². The SMILES string of the molecule is C[C@@H](OC(=O)Nc1c(-c2ccc(-c3ccc(OC4(C(=O)O)CC4)cc3)cc2)cnn1C)c1ccccc1. The van der Waals surface area contributed by atoms with Gasteiger partial charge in [-0.15, -0.1) is 0 Å². The fraction of sp³-hybridized carbons (Fsp3) is 0.207. The van der Waals surface area contributed by atoms with Crippen molar-refractivity contribution in [2.45, 2.75) is 31.5 Å². The van der Waals surface area contributed by atoms with Crippen molar-refractivity contribution in [1.82, 2.24) is 9.78 Å². The van der Waals surface area contributed by atoms with Crippen LogP contribution in [0.4, 0.5) is 10.6 Å². The van der Waals surface area contributed by atoms with Gasteiger partial charge in [-0.1, -0.05) is 66.7 Å². The summed E-state index contributed by atoms with van der Waals surface area (Å²) in [6, 6.07) is 24.8. The van der Waals surface area contributed by atoms with E-state index in [2.05, 4.69) is 10.4 Å². The molecule has 1 amide bonds. The second kappa shape index (κ2) is 9.81. The molecule has 0 bridgehead atoms. The van der Waals surface area contributed by atoms with Gasteiger partial charge in [-0.2, -0.15) is 5.10 Å². The zero-order valence-electron chi connectivity index (χ0n) is 20.5. The van der Waals surface area contributed by atoms with Crippen molar-refractivity contribution < 1.29 is 24.2 Å². The summed E-state index contributed by atoms with van der Waals surface area (Å²) in [5.74, 6) is 0.155. The molecule has 8 heteroatoms. The van der Waals surface area contributed by atoms with Crippen LogP contribution < -0.4 is 10.1 Å². The van der Waals surface area contributed by atoms with E-state index in [1.54, 1.807) is 30.1 Å². The lowest BCUT2D eigenvalue weighted by Crippen LogP contribution is -2.28. The number of hydrogen-bond donors (Lipinski definition) is 2. The highest BCUT2D eigenvalue weighted by Crippen LogP contribution is 2.41. The standard InChI is InChI=1S/C29H27N3O5/c1-19(20-6-4-3-5-7-20)36-28(35)31-26-25(18-30-32(26)2)23-10-8-21(9-11-23)22-12-14-24(15-13-22)37-29(16-17-29)27(33)34/h3-15,18-19H,16-17H2,1-2H3,(H,31,35)(H,33,34)/t19-/m1/s1. The molecule has 1 fully saturated rings. The maximum Gasteiger partial charge on any atom is 0.413 e. The Kier molecular flexibility index (Phi) is 6.40. The number of amides is 1. The van der Waals surface area contributed by atoms with Crippen molar-refractivity contribution in [3.63, 3.8) is 0 Å². The summed E-state index contributed by atoms with van der Waals surface area (Å²) >= 11 is 0. The maximum absolute atomic E-state index is 12.6. The van der Waals surface area contributed by atoms with E-state index in [4.69, 9.17) is 9.47 Å². The van der Waals surface area contributed by atoms with E-state index in [1.807, 2.05) is 73.7 Å². The first-order valence-corrected chi connectivity index (χ1v) is 12.0. The Bertz CT molecular complexity index is 1410. The molecule has 1 heterocycles. The number of carbonyl (C=O) groups excluding carboxylic acids is 1. The second-order valence-electron chi connectivity index (χ2n) is 9.12. The number of carbonyl (C=O) groups is 2. The largest absolute Gasteiger partial charge is 0.478 e. The number of aliphatic carboxylic acids is 1. The van der Waals surface area contributed by atoms with E-state index in [0.29, 0.717) is 24.4 Å². The van der Waals surface area contributed by atoms with Gasteiger partial charge in [-0.05, 0) is 41.3 Å². The molecule has 2 N–H and O–H groups in total. The molecule has 1 aromatic heterocycles. The molecule has 0 unspecified atom stereocenters. The number of aryl methyl sites for hydroxylation is 1. The number of carboxylic acids is 1. The highest BCUT2D eigenvalue weighted by atomic mass is 16.6. The third-order valence-corrected chi connectivity index (χ3v) is 6.50. The average Bonchev–Trinajstić information content (AvgIpc) is 3.61. The summed E-state index contributed by atoms with van der Waals surface area (Å²) in [4.78, 5) is 24.0. The Morgan fingerprint density at radius 2 is 1.54 bits per heavy atom. The molecule has 37 heavy (non-hydrogen) atoms. The monoisotopic (exact) mass is 497 g/mol. The van der Waals surface area contributed by atoms with Crippen LogP contribution in [0.3, 0.4) is 0 Å². The molecule has 1 atom stereocenters. The van der Waals surface area contributed by atoms with Crippen molar-refractivity contribution in [2.24, 2.45) is 7.05 Å². The lowest BCUT2D eigenvalue weighted by molar-refractivity contribution is -0.147. The fourth-order valence-corrected chi connectivity index (χ4v) is 4.13. The molecule has 1 aliphatic carbocycles. The van der Waals surface area contributed by atoms with Crippen molar-refractivity contribution in [3.8, 4) is 28.0 Å². The van der Waals surface area contributed by atoms with Gasteiger partial charge in [0.25, 0.3) is 0 Å². The zero-order valence-corrected chi connectivity index (χ0v) is 20.5. The zero-order chi connectivity index (χ0) is 26.0. The number of carboxylic acid groups (broad SMARTS) is 1. The summed E-state index contributed by atoms with van der Waals surface area (Å²) in [5, 5.41) is 16.4. The molecule has 0 aliphatic heterocycles. The first-order valence-electron chi connectivity index (χ1n) is 12.0. The topological polar surface area (TPSA) is 103 Å². The fourth-order valence-electron chi connectivity index (χ4n) is 4.13. The molecule has 188 valence electrons. The second-order valence-corrected chi connectivity index (χ2v) is 9.12. The van der Waals surface area contributed by atoms with Gasteiger partial charge in [0, 0.05) is 25.5 Å². The third kappa shape index (κ3) is 5.18. The summed E-state index contributed by atoms with van der Waals surface area (Å²) in [6.45, 7) is 1.83. The number of benzene rings is 3. The molecular formula is C29H27N3O5. The molecule has 4 aromatic rings. The van der Waals surface area contributed by atoms with Crippen molar-refractivity contribution >= 4 is 17.9 Å². The summed E-state index contributed by atoms with van der Waals surface area (Å²) < 4.78 is 12.8. The number of nitrogens with one attached hydrogen (secondary N) is 1. The van der Waals surface area contributed by atoms with E-state index in [9.17, 15) is 14.7 Å². The van der Waals surface area contributed by atoms with Gasteiger partial charge in [-0.25, -0.2) is 9.59 Å². The summed E-state index contributed by atoms with van der Waals surface area (Å²) in [5.41, 5.74) is 3.47. The molecule has 3 aromatic carbocycles. The van der Waals surface area contributed by atoms with Gasteiger partial charge < -0.3 is 14.6 Å². The Balaban J connectivity index is 1.27. The first-order chi connectivity index (χ1) is 17.8. The van der Waals surface area contributed by atoms with Crippen LogP contribution >= 0.6 is 0 Å². The summed E-state index contributed by atoms with van der Waals surface area (Å²) in [6.07, 6.45) is 1.80. The predicted octanol–water partition coefficient (Wildman–Crippen LogP) is 6.06. The van der Waals surface area contributed by atoms with Gasteiger partial charge >= 0.3 is 12.1 Å². The number of nitrogens with zero attached hydrogens (tertiary/aromatic N) is 2.